The van der Waals surface area contributed by atoms with Crippen LogP contribution < -0.4 is 0 Å². The second kappa shape index (κ2) is 4.53. The molecule has 0 bridgehead atoms. The van der Waals surface area contributed by atoms with Crippen LogP contribution in [0.1, 0.15) is 13.3 Å². The molecule has 0 rings (SSSR count). The van der Waals surface area contributed by atoms with Crippen LogP contribution in [0.4, 0.5) is 0 Å². The first kappa shape index (κ1) is 7.37. The summed E-state index contributed by atoms with van der Waals surface area (Å²) in [6, 6.07) is 0. The summed E-state index contributed by atoms with van der Waals surface area (Å²) in [5.41, 5.74) is 0. The van der Waals surface area contributed by atoms with E-state index in [2.05, 4.69) is 0 Å². The van der Waals surface area contributed by atoms with Gasteiger partial charge in [-0.3, -0.25) is 4.79 Å². The zero-order valence-corrected chi connectivity index (χ0v) is 4.87. The van der Waals surface area contributed by atoms with Crippen LogP contribution in [0.15, 0.2) is 12.2 Å². The van der Waals surface area contributed by atoms with Crippen molar-refractivity contribution in [1.82, 2.24) is 0 Å². The highest BCUT2D eigenvalue weighted by Gasteiger charge is 1.86. The summed E-state index contributed by atoms with van der Waals surface area (Å²) < 4.78 is 0. The molecule has 1 unspecified atom stereocenters. The number of aliphatic hydroxyl groups excluding tert-OH is 1. The van der Waals surface area contributed by atoms with Gasteiger partial charge in [0.15, 0.2) is 0 Å². The highest BCUT2D eigenvalue weighted by atomic mass is 16.3. The Hall–Kier alpha value is -0.630. The molecule has 0 aromatic heterocycles. The number of allylic oxidation sites excluding steroid dienone is 1. The standard InChI is InChI=1S/C6H10O2/c1-6(8)4-2-3-5-7/h2-3,5-6,8H,4H2,1H3/b3-2+. The number of rotatable bonds is 3. The first-order valence-electron chi connectivity index (χ1n) is 2.55. The SMILES string of the molecule is CC(O)C/C=C/C=O. The second-order valence-corrected chi connectivity index (χ2v) is 1.65. The Bertz CT molecular complexity index is 84.5. The Morgan fingerprint density at radius 2 is 2.38 bits per heavy atom. The minimum absolute atomic E-state index is 0.341. The van der Waals surface area contributed by atoms with E-state index in [9.17, 15) is 4.79 Å². The molecule has 0 saturated carbocycles. The lowest BCUT2D eigenvalue weighted by atomic mass is 10.3. The fourth-order valence-electron chi connectivity index (χ4n) is 0.331. The fourth-order valence-corrected chi connectivity index (χ4v) is 0.331. The molecule has 46 valence electrons. The van der Waals surface area contributed by atoms with Gasteiger partial charge in [-0.25, -0.2) is 0 Å². The number of carbonyl (C=O) groups excluding carboxylic acids is 1. The van der Waals surface area contributed by atoms with E-state index in [1.807, 2.05) is 0 Å². The normalized spacial score (nSPS) is 14.2. The summed E-state index contributed by atoms with van der Waals surface area (Å²) >= 11 is 0. The lowest BCUT2D eigenvalue weighted by Gasteiger charge is -1.93. The van der Waals surface area contributed by atoms with Crippen LogP contribution in [0, 0.1) is 0 Å². The maximum absolute atomic E-state index is 9.62. The van der Waals surface area contributed by atoms with Gasteiger partial charge >= 0.3 is 0 Å². The Kier molecular flexibility index (Phi) is 4.17. The molecule has 0 amide bonds. The van der Waals surface area contributed by atoms with Gasteiger partial charge in [0.25, 0.3) is 0 Å². The van der Waals surface area contributed by atoms with Crippen molar-refractivity contribution in [2.75, 3.05) is 0 Å². The molecule has 0 fully saturated rings. The third-order valence-electron chi connectivity index (χ3n) is 0.692. The smallest absolute Gasteiger partial charge is 0.142 e. The Morgan fingerprint density at radius 3 is 2.75 bits per heavy atom. The van der Waals surface area contributed by atoms with E-state index >= 15 is 0 Å². The molecule has 2 heteroatoms. The van der Waals surface area contributed by atoms with Gasteiger partial charge in [0.05, 0.1) is 6.10 Å². The number of carbonyl (C=O) groups is 1. The van der Waals surface area contributed by atoms with Gasteiger partial charge in [-0.1, -0.05) is 6.08 Å². The van der Waals surface area contributed by atoms with Crippen molar-refractivity contribution in [3.8, 4) is 0 Å². The molecule has 0 aliphatic heterocycles. The maximum atomic E-state index is 9.62. The molecule has 0 aromatic rings. The van der Waals surface area contributed by atoms with Gasteiger partial charge in [-0.05, 0) is 19.4 Å². The van der Waals surface area contributed by atoms with Crippen molar-refractivity contribution in [3.63, 3.8) is 0 Å². The van der Waals surface area contributed by atoms with E-state index in [4.69, 9.17) is 5.11 Å². The van der Waals surface area contributed by atoms with Gasteiger partial charge < -0.3 is 5.11 Å². The summed E-state index contributed by atoms with van der Waals surface area (Å²) in [7, 11) is 0. The average molecular weight is 114 g/mol. The predicted octanol–water partition coefficient (Wildman–Crippen LogP) is 0.512. The topological polar surface area (TPSA) is 37.3 Å². The van der Waals surface area contributed by atoms with Crippen molar-refractivity contribution < 1.29 is 9.90 Å². The highest BCUT2D eigenvalue weighted by molar-refractivity contribution is 5.64. The van der Waals surface area contributed by atoms with Crippen LogP contribution >= 0.6 is 0 Å². The van der Waals surface area contributed by atoms with Gasteiger partial charge in [-0.15, -0.1) is 0 Å². The molecule has 0 aromatic carbocycles. The van der Waals surface area contributed by atoms with Crippen LogP contribution in [0.25, 0.3) is 0 Å². The Labute approximate surface area is 48.8 Å². The lowest BCUT2D eigenvalue weighted by molar-refractivity contribution is -0.104. The van der Waals surface area contributed by atoms with E-state index in [-0.39, 0.29) is 6.10 Å². The first-order chi connectivity index (χ1) is 3.77. The molecule has 1 atom stereocenters. The van der Waals surface area contributed by atoms with E-state index in [0.29, 0.717) is 12.7 Å². The predicted molar refractivity (Wildman–Crippen MR) is 31.5 cm³/mol. The van der Waals surface area contributed by atoms with Crippen molar-refractivity contribution in [1.29, 1.82) is 0 Å². The number of aliphatic hydroxyl groups is 1. The molecule has 8 heavy (non-hydrogen) atoms. The van der Waals surface area contributed by atoms with Crippen LogP contribution in [-0.4, -0.2) is 17.5 Å². The van der Waals surface area contributed by atoms with Gasteiger partial charge in [0.1, 0.15) is 6.29 Å². The molecule has 0 radical (unpaired) electrons. The molecule has 2 nitrogen and oxygen atoms in total. The highest BCUT2D eigenvalue weighted by Crippen LogP contribution is 1.88. The van der Waals surface area contributed by atoms with Gasteiger partial charge in [0.2, 0.25) is 0 Å². The maximum Gasteiger partial charge on any atom is 0.142 e. The molecule has 0 spiro atoms. The van der Waals surface area contributed by atoms with Crippen molar-refractivity contribution in [3.05, 3.63) is 12.2 Å². The lowest BCUT2D eigenvalue weighted by Crippen LogP contribution is -1.95. The molecule has 0 aliphatic rings. The van der Waals surface area contributed by atoms with Gasteiger partial charge in [-0.2, -0.15) is 0 Å². The quantitative estimate of drug-likeness (QED) is 0.429. The minimum Gasteiger partial charge on any atom is -0.393 e. The molecule has 1 N–H and O–H groups in total. The monoisotopic (exact) mass is 114 g/mol. The summed E-state index contributed by atoms with van der Waals surface area (Å²) in [5.74, 6) is 0. The largest absolute Gasteiger partial charge is 0.393 e. The summed E-state index contributed by atoms with van der Waals surface area (Å²) in [6.45, 7) is 1.68. The molecule has 0 heterocycles. The zero-order chi connectivity index (χ0) is 6.41. The van der Waals surface area contributed by atoms with Crippen molar-refractivity contribution in [2.24, 2.45) is 0 Å². The first-order valence-corrected chi connectivity index (χ1v) is 2.55. The average Bonchev–Trinajstić information content (AvgIpc) is 1.66. The van der Waals surface area contributed by atoms with Gasteiger partial charge in [0, 0.05) is 0 Å². The van der Waals surface area contributed by atoms with E-state index < -0.39 is 0 Å². The van der Waals surface area contributed by atoms with Crippen molar-refractivity contribution >= 4 is 6.29 Å². The zero-order valence-electron chi connectivity index (χ0n) is 4.87. The van der Waals surface area contributed by atoms with E-state index in [1.54, 1.807) is 13.0 Å². The summed E-state index contributed by atoms with van der Waals surface area (Å²) in [5, 5.41) is 8.61. The van der Waals surface area contributed by atoms with Crippen LogP contribution in [0.2, 0.25) is 0 Å². The Balaban J connectivity index is 3.15. The van der Waals surface area contributed by atoms with Crippen molar-refractivity contribution in [2.45, 2.75) is 19.4 Å². The number of hydrogen-bond acceptors (Lipinski definition) is 2. The molecular formula is C6H10O2. The number of aldehydes is 1. The fraction of sp³-hybridized carbons (Fsp3) is 0.500. The summed E-state index contributed by atoms with van der Waals surface area (Å²) in [4.78, 5) is 9.62. The van der Waals surface area contributed by atoms with Crippen LogP contribution in [0.3, 0.4) is 0 Å². The minimum atomic E-state index is -0.341. The third kappa shape index (κ3) is 5.37. The Morgan fingerprint density at radius 1 is 1.75 bits per heavy atom. The molecular weight excluding hydrogens is 104 g/mol. The van der Waals surface area contributed by atoms with Crippen LogP contribution in [-0.2, 0) is 4.79 Å². The van der Waals surface area contributed by atoms with E-state index in [0.717, 1.165) is 0 Å². The molecule has 0 aliphatic carbocycles. The van der Waals surface area contributed by atoms with Crippen LogP contribution in [0.5, 0.6) is 0 Å². The third-order valence-corrected chi connectivity index (χ3v) is 0.692. The second-order valence-electron chi connectivity index (χ2n) is 1.65. The number of hydrogen-bond donors (Lipinski definition) is 1. The van der Waals surface area contributed by atoms with E-state index in [1.165, 1.54) is 6.08 Å². The molecule has 0 saturated heterocycles. The summed E-state index contributed by atoms with van der Waals surface area (Å²) in [6.07, 6.45) is 3.93.